The number of rotatable bonds is 12. The molecule has 0 aliphatic carbocycles. The molecular weight excluding hydrogens is 454 g/mol. The second-order valence-electron chi connectivity index (χ2n) is 9.10. The first-order valence-corrected chi connectivity index (χ1v) is 11.9. The van der Waals surface area contributed by atoms with Gasteiger partial charge in [0.15, 0.2) is 0 Å². The maximum Gasteiger partial charge on any atom is 0.408 e. The monoisotopic (exact) mass is 493 g/mol. The summed E-state index contributed by atoms with van der Waals surface area (Å²) >= 11 is 0. The first-order valence-electron chi connectivity index (χ1n) is 11.9. The van der Waals surface area contributed by atoms with E-state index in [-0.39, 0.29) is 31.9 Å². The highest BCUT2D eigenvalue weighted by Crippen LogP contribution is 2.26. The number of nitrogens with one attached hydrogen (secondary N) is 2. The van der Waals surface area contributed by atoms with Crippen molar-refractivity contribution in [2.45, 2.75) is 78.5 Å². The Morgan fingerprint density at radius 1 is 1.14 bits per heavy atom. The number of phenols is 1. The molecule has 2 atom stereocenters. The van der Waals surface area contributed by atoms with Gasteiger partial charge >= 0.3 is 12.1 Å². The van der Waals surface area contributed by atoms with E-state index in [0.29, 0.717) is 12.0 Å². The number of nitrogens with zero attached hydrogens (tertiary/aromatic N) is 1. The fourth-order valence-corrected chi connectivity index (χ4v) is 3.28. The maximum absolute atomic E-state index is 13.5. The van der Waals surface area contributed by atoms with E-state index < -0.39 is 41.6 Å². The Kier molecular flexibility index (Phi) is 12.0. The van der Waals surface area contributed by atoms with E-state index in [2.05, 4.69) is 10.6 Å². The topological polar surface area (TPSA) is 134 Å². The molecule has 0 aromatic heterocycles. The van der Waals surface area contributed by atoms with Crippen LogP contribution in [0.3, 0.4) is 0 Å². The summed E-state index contributed by atoms with van der Waals surface area (Å²) in [6.07, 6.45) is 0.596. The Morgan fingerprint density at radius 3 is 2.40 bits per heavy atom. The van der Waals surface area contributed by atoms with Crippen LogP contribution in [0.15, 0.2) is 24.3 Å². The lowest BCUT2D eigenvalue weighted by Crippen LogP contribution is -2.52. The number of hydrogen-bond acceptors (Lipinski definition) is 7. The Hall–Kier alpha value is -3.30. The van der Waals surface area contributed by atoms with Crippen molar-refractivity contribution < 1.29 is 33.8 Å². The van der Waals surface area contributed by atoms with Gasteiger partial charge in [-0.1, -0.05) is 25.5 Å². The molecule has 2 unspecified atom stereocenters. The zero-order valence-corrected chi connectivity index (χ0v) is 21.6. The fourth-order valence-electron chi connectivity index (χ4n) is 3.28. The SMILES string of the molecule is CCCCN(C(=O)C(C)NC(=O)OC(C)(C)C)C(C(=O)NCCC(=O)OCC)c1cccc(O)c1. The first-order chi connectivity index (χ1) is 16.4. The van der Waals surface area contributed by atoms with Crippen molar-refractivity contribution in [3.63, 3.8) is 0 Å². The predicted molar refractivity (Wildman–Crippen MR) is 131 cm³/mol. The van der Waals surface area contributed by atoms with Crippen molar-refractivity contribution in [3.8, 4) is 5.75 Å². The van der Waals surface area contributed by atoms with E-state index in [0.717, 1.165) is 6.42 Å². The number of phenolic OH excluding ortho intramolecular Hbond substituents is 1. The van der Waals surface area contributed by atoms with Crippen molar-refractivity contribution in [3.05, 3.63) is 29.8 Å². The van der Waals surface area contributed by atoms with E-state index in [1.54, 1.807) is 39.8 Å². The summed E-state index contributed by atoms with van der Waals surface area (Å²) in [6.45, 7) is 10.8. The van der Waals surface area contributed by atoms with Crippen molar-refractivity contribution in [1.29, 1.82) is 0 Å². The van der Waals surface area contributed by atoms with Crippen molar-refractivity contribution in [1.82, 2.24) is 15.5 Å². The second-order valence-corrected chi connectivity index (χ2v) is 9.10. The molecule has 3 N–H and O–H groups in total. The highest BCUT2D eigenvalue weighted by Gasteiger charge is 2.34. The third kappa shape index (κ3) is 10.7. The minimum atomic E-state index is -1.09. The van der Waals surface area contributed by atoms with Crippen LogP contribution in [-0.2, 0) is 23.9 Å². The quantitative estimate of drug-likeness (QED) is 0.381. The second kappa shape index (κ2) is 14.2. The molecule has 35 heavy (non-hydrogen) atoms. The molecule has 1 aromatic rings. The number of amides is 3. The molecule has 10 nitrogen and oxygen atoms in total. The molecule has 10 heteroatoms. The van der Waals surface area contributed by atoms with Gasteiger partial charge in [0, 0.05) is 13.1 Å². The highest BCUT2D eigenvalue weighted by molar-refractivity contribution is 5.92. The first kappa shape index (κ1) is 29.7. The number of esters is 1. The highest BCUT2D eigenvalue weighted by atomic mass is 16.6. The standard InChI is InChI=1S/C25H39N3O7/c1-7-9-15-28(23(32)17(3)27-24(33)35-25(4,5)6)21(18-11-10-12-19(29)16-18)22(31)26-14-13-20(30)34-8-2/h10-12,16-17,21,29H,7-9,13-15H2,1-6H3,(H,26,31)(H,27,33). The Labute approximate surface area is 207 Å². The molecule has 0 saturated heterocycles. The summed E-state index contributed by atoms with van der Waals surface area (Å²) in [7, 11) is 0. The third-order valence-corrected chi connectivity index (χ3v) is 4.82. The minimum absolute atomic E-state index is 0.0220. The number of aromatic hydroxyl groups is 1. The minimum Gasteiger partial charge on any atom is -0.508 e. The maximum atomic E-state index is 13.5. The van der Waals surface area contributed by atoms with E-state index in [4.69, 9.17) is 9.47 Å². The molecule has 0 saturated carbocycles. The van der Waals surface area contributed by atoms with Crippen LogP contribution in [-0.4, -0.2) is 65.2 Å². The number of benzene rings is 1. The van der Waals surface area contributed by atoms with Crippen LogP contribution in [0.1, 0.15) is 72.4 Å². The van der Waals surface area contributed by atoms with E-state index in [1.165, 1.54) is 24.0 Å². The van der Waals surface area contributed by atoms with E-state index in [1.807, 2.05) is 6.92 Å². The number of carbonyl (C=O) groups is 4. The molecule has 1 aromatic carbocycles. The largest absolute Gasteiger partial charge is 0.508 e. The summed E-state index contributed by atoms with van der Waals surface area (Å²) in [6, 6.07) is 4.01. The smallest absolute Gasteiger partial charge is 0.408 e. The Bertz CT molecular complexity index is 867. The van der Waals surface area contributed by atoms with Crippen LogP contribution in [0.25, 0.3) is 0 Å². The molecular formula is C25H39N3O7. The van der Waals surface area contributed by atoms with Crippen LogP contribution in [0.4, 0.5) is 4.79 Å². The fraction of sp³-hybridized carbons (Fsp3) is 0.600. The van der Waals surface area contributed by atoms with Crippen LogP contribution in [0.5, 0.6) is 5.75 Å². The average molecular weight is 494 g/mol. The van der Waals surface area contributed by atoms with Gasteiger partial charge in [0.1, 0.15) is 23.4 Å². The van der Waals surface area contributed by atoms with Crippen molar-refractivity contribution >= 4 is 23.9 Å². The van der Waals surface area contributed by atoms with Crippen molar-refractivity contribution in [2.24, 2.45) is 0 Å². The van der Waals surface area contributed by atoms with Crippen LogP contribution >= 0.6 is 0 Å². The van der Waals surface area contributed by atoms with Gasteiger partial charge in [-0.25, -0.2) is 4.79 Å². The third-order valence-electron chi connectivity index (χ3n) is 4.82. The molecule has 0 radical (unpaired) electrons. The molecule has 0 aliphatic rings. The van der Waals surface area contributed by atoms with Crippen LogP contribution in [0.2, 0.25) is 0 Å². The zero-order chi connectivity index (χ0) is 26.6. The summed E-state index contributed by atoms with van der Waals surface area (Å²) in [4.78, 5) is 52.0. The molecule has 0 spiro atoms. The summed E-state index contributed by atoms with van der Waals surface area (Å²) in [5.41, 5.74) is -0.343. The molecule has 196 valence electrons. The Balaban J connectivity index is 3.20. The van der Waals surface area contributed by atoms with Gasteiger partial charge in [-0.2, -0.15) is 0 Å². The van der Waals surface area contributed by atoms with Gasteiger partial charge in [0.2, 0.25) is 11.8 Å². The molecule has 0 heterocycles. The number of hydrogen-bond donors (Lipinski definition) is 3. The zero-order valence-electron chi connectivity index (χ0n) is 21.6. The molecule has 0 aliphatic heterocycles. The molecule has 1 rings (SSSR count). The number of unbranched alkanes of at least 4 members (excludes halogenated alkanes) is 1. The number of alkyl carbamates (subject to hydrolysis) is 1. The number of ether oxygens (including phenoxy) is 2. The van der Waals surface area contributed by atoms with E-state index in [9.17, 15) is 24.3 Å². The van der Waals surface area contributed by atoms with Gasteiger partial charge in [-0.15, -0.1) is 0 Å². The lowest BCUT2D eigenvalue weighted by atomic mass is 10.0. The molecule has 0 bridgehead atoms. The summed E-state index contributed by atoms with van der Waals surface area (Å²) in [5.74, 6) is -1.52. The number of carbonyl (C=O) groups excluding carboxylic acids is 4. The van der Waals surface area contributed by atoms with Crippen LogP contribution < -0.4 is 10.6 Å². The summed E-state index contributed by atoms with van der Waals surface area (Å²) < 4.78 is 10.1. The van der Waals surface area contributed by atoms with Gasteiger partial charge in [0.25, 0.3) is 0 Å². The normalized spacial score (nSPS) is 12.7. The van der Waals surface area contributed by atoms with Gasteiger partial charge < -0.3 is 30.1 Å². The lowest BCUT2D eigenvalue weighted by Gasteiger charge is -2.33. The summed E-state index contributed by atoms with van der Waals surface area (Å²) in [5, 5.41) is 15.2. The van der Waals surface area contributed by atoms with Crippen LogP contribution in [0, 0.1) is 0 Å². The molecule has 3 amide bonds. The molecule has 0 fully saturated rings. The van der Waals surface area contributed by atoms with E-state index >= 15 is 0 Å². The Morgan fingerprint density at radius 2 is 1.83 bits per heavy atom. The predicted octanol–water partition coefficient (Wildman–Crippen LogP) is 3.04. The van der Waals surface area contributed by atoms with Crippen molar-refractivity contribution in [2.75, 3.05) is 19.7 Å². The van der Waals surface area contributed by atoms with Gasteiger partial charge in [-0.3, -0.25) is 14.4 Å². The van der Waals surface area contributed by atoms with Gasteiger partial charge in [0.05, 0.1) is 13.0 Å². The van der Waals surface area contributed by atoms with Gasteiger partial charge in [-0.05, 0) is 58.7 Å². The lowest BCUT2D eigenvalue weighted by molar-refractivity contribution is -0.144. The average Bonchev–Trinajstić information content (AvgIpc) is 2.74.